The van der Waals surface area contributed by atoms with Crippen LogP contribution in [0.2, 0.25) is 0 Å². The first-order chi connectivity index (χ1) is 12.3. The molecule has 1 aliphatic carbocycles. The second-order valence-electron chi connectivity index (χ2n) is 6.78. The Kier molecular flexibility index (Phi) is 4.51. The van der Waals surface area contributed by atoms with Gasteiger partial charge in [0.1, 0.15) is 5.82 Å². The molecule has 4 nitrogen and oxygen atoms in total. The van der Waals surface area contributed by atoms with Gasteiger partial charge in [-0.1, -0.05) is 49.6 Å². The van der Waals surface area contributed by atoms with Crippen molar-refractivity contribution in [1.29, 1.82) is 0 Å². The van der Waals surface area contributed by atoms with Crippen LogP contribution in [-0.2, 0) is 0 Å². The van der Waals surface area contributed by atoms with E-state index in [1.54, 1.807) is 0 Å². The minimum atomic E-state index is 0.541. The van der Waals surface area contributed by atoms with Crippen LogP contribution < -0.4 is 10.2 Å². The van der Waals surface area contributed by atoms with Crippen molar-refractivity contribution in [3.8, 4) is 0 Å². The molecule has 2 aromatic carbocycles. The lowest BCUT2D eigenvalue weighted by molar-refractivity contribution is 0.424. The summed E-state index contributed by atoms with van der Waals surface area (Å²) in [6, 6.07) is 18.9. The topological polar surface area (TPSA) is 41.1 Å². The molecule has 1 fully saturated rings. The zero-order valence-corrected chi connectivity index (χ0v) is 14.7. The molecule has 3 aromatic rings. The van der Waals surface area contributed by atoms with E-state index in [1.807, 2.05) is 30.3 Å². The number of hydrogen-bond acceptors (Lipinski definition) is 4. The van der Waals surface area contributed by atoms with Crippen LogP contribution in [0.3, 0.4) is 0 Å². The highest BCUT2D eigenvalue weighted by Crippen LogP contribution is 2.29. The van der Waals surface area contributed by atoms with E-state index in [1.165, 1.54) is 32.1 Å². The minimum Gasteiger partial charge on any atom is -0.341 e. The molecule has 0 amide bonds. The van der Waals surface area contributed by atoms with Gasteiger partial charge in [-0.3, -0.25) is 0 Å². The van der Waals surface area contributed by atoms with Gasteiger partial charge in [0.2, 0.25) is 5.95 Å². The van der Waals surface area contributed by atoms with Crippen molar-refractivity contribution in [3.63, 3.8) is 0 Å². The van der Waals surface area contributed by atoms with Crippen LogP contribution in [0.5, 0.6) is 0 Å². The Hall–Kier alpha value is -2.62. The van der Waals surface area contributed by atoms with E-state index < -0.39 is 0 Å². The molecule has 1 aromatic heterocycles. The average molecular weight is 332 g/mol. The zero-order chi connectivity index (χ0) is 17.1. The molecular formula is C21H24N4. The van der Waals surface area contributed by atoms with Crippen molar-refractivity contribution >= 4 is 28.4 Å². The summed E-state index contributed by atoms with van der Waals surface area (Å²) >= 11 is 0. The quantitative estimate of drug-likeness (QED) is 0.718. The maximum atomic E-state index is 4.88. The molecular weight excluding hydrogens is 308 g/mol. The van der Waals surface area contributed by atoms with Gasteiger partial charge in [0, 0.05) is 24.2 Å². The third kappa shape index (κ3) is 3.43. The Bertz CT molecular complexity index is 841. The van der Waals surface area contributed by atoms with Crippen molar-refractivity contribution in [2.24, 2.45) is 0 Å². The maximum Gasteiger partial charge on any atom is 0.227 e. The molecule has 0 atom stereocenters. The summed E-state index contributed by atoms with van der Waals surface area (Å²) < 4.78 is 0. The molecule has 1 N–H and O–H groups in total. The van der Waals surface area contributed by atoms with Crippen LogP contribution in [0.4, 0.5) is 17.5 Å². The molecule has 4 heteroatoms. The van der Waals surface area contributed by atoms with E-state index in [4.69, 9.17) is 9.97 Å². The molecule has 1 heterocycles. The van der Waals surface area contributed by atoms with Gasteiger partial charge in [-0.05, 0) is 37.1 Å². The van der Waals surface area contributed by atoms with Crippen molar-refractivity contribution in [3.05, 3.63) is 54.6 Å². The number of para-hydroxylation sites is 2. The van der Waals surface area contributed by atoms with Crippen LogP contribution >= 0.6 is 0 Å². The Labute approximate surface area is 148 Å². The van der Waals surface area contributed by atoms with Crippen molar-refractivity contribution < 1.29 is 0 Å². The molecule has 0 spiro atoms. The van der Waals surface area contributed by atoms with Gasteiger partial charge >= 0.3 is 0 Å². The predicted molar refractivity (Wildman–Crippen MR) is 105 cm³/mol. The number of anilines is 3. The first-order valence-electron chi connectivity index (χ1n) is 9.13. The average Bonchev–Trinajstić information content (AvgIpc) is 2.69. The number of nitrogens with zero attached hydrogens (tertiary/aromatic N) is 3. The van der Waals surface area contributed by atoms with Crippen LogP contribution in [0.25, 0.3) is 10.9 Å². The fraction of sp³-hybridized carbons (Fsp3) is 0.333. The van der Waals surface area contributed by atoms with E-state index in [0.717, 1.165) is 28.4 Å². The number of benzene rings is 2. The standard InChI is InChI=1S/C21H24N4/c1-25(17-12-6-3-7-13-17)21-23-19-15-9-8-14-18(19)20(24-21)22-16-10-4-2-5-11-16/h2,4-5,8-11,14-15,17H,3,6-7,12-13H2,1H3,(H,22,23,24). The molecule has 0 unspecified atom stereocenters. The van der Waals surface area contributed by atoms with Gasteiger partial charge in [-0.25, -0.2) is 4.98 Å². The van der Waals surface area contributed by atoms with Crippen LogP contribution in [0.1, 0.15) is 32.1 Å². The summed E-state index contributed by atoms with van der Waals surface area (Å²) in [4.78, 5) is 12.0. The molecule has 0 bridgehead atoms. The first-order valence-corrected chi connectivity index (χ1v) is 9.13. The van der Waals surface area contributed by atoms with Crippen LogP contribution in [0.15, 0.2) is 54.6 Å². The summed E-state index contributed by atoms with van der Waals surface area (Å²) in [5.74, 6) is 1.68. The molecule has 1 saturated carbocycles. The van der Waals surface area contributed by atoms with Gasteiger partial charge in [0.25, 0.3) is 0 Å². The number of fused-ring (bicyclic) bond motifs is 1. The predicted octanol–water partition coefficient (Wildman–Crippen LogP) is 5.14. The molecule has 0 saturated heterocycles. The zero-order valence-electron chi connectivity index (χ0n) is 14.7. The summed E-state index contributed by atoms with van der Waals surface area (Å²) in [7, 11) is 2.13. The van der Waals surface area contributed by atoms with Crippen molar-refractivity contribution in [2.75, 3.05) is 17.3 Å². The Morgan fingerprint density at radius 2 is 1.60 bits per heavy atom. The highest BCUT2D eigenvalue weighted by molar-refractivity contribution is 5.91. The highest BCUT2D eigenvalue weighted by atomic mass is 15.3. The lowest BCUT2D eigenvalue weighted by atomic mass is 9.95. The van der Waals surface area contributed by atoms with Gasteiger partial charge in [0.05, 0.1) is 5.52 Å². The SMILES string of the molecule is CN(c1nc(Nc2ccccc2)c2ccccc2n1)C1CCCCC1. The first kappa shape index (κ1) is 15.9. The third-order valence-electron chi connectivity index (χ3n) is 5.07. The van der Waals surface area contributed by atoms with E-state index in [9.17, 15) is 0 Å². The van der Waals surface area contributed by atoms with E-state index in [0.29, 0.717) is 6.04 Å². The van der Waals surface area contributed by atoms with Gasteiger partial charge in [-0.2, -0.15) is 4.98 Å². The largest absolute Gasteiger partial charge is 0.341 e. The van der Waals surface area contributed by atoms with Gasteiger partial charge < -0.3 is 10.2 Å². The Morgan fingerprint density at radius 1 is 0.880 bits per heavy atom. The van der Waals surface area contributed by atoms with E-state index in [-0.39, 0.29) is 0 Å². The smallest absolute Gasteiger partial charge is 0.227 e. The molecule has 128 valence electrons. The lowest BCUT2D eigenvalue weighted by Gasteiger charge is -2.31. The number of nitrogens with one attached hydrogen (secondary N) is 1. The maximum absolute atomic E-state index is 4.88. The summed E-state index contributed by atoms with van der Waals surface area (Å²) in [5, 5.41) is 4.52. The Morgan fingerprint density at radius 3 is 2.40 bits per heavy atom. The van der Waals surface area contributed by atoms with Gasteiger partial charge in [-0.15, -0.1) is 0 Å². The molecule has 1 aliphatic rings. The molecule has 4 rings (SSSR count). The van der Waals surface area contributed by atoms with Crippen molar-refractivity contribution in [1.82, 2.24) is 9.97 Å². The minimum absolute atomic E-state index is 0.541. The monoisotopic (exact) mass is 332 g/mol. The summed E-state index contributed by atoms with van der Waals surface area (Å²) in [6.07, 6.45) is 6.42. The second kappa shape index (κ2) is 7.09. The second-order valence-corrected chi connectivity index (χ2v) is 6.78. The molecule has 0 radical (unpaired) electrons. The van der Waals surface area contributed by atoms with E-state index >= 15 is 0 Å². The molecule has 25 heavy (non-hydrogen) atoms. The Balaban J connectivity index is 1.72. The highest BCUT2D eigenvalue weighted by Gasteiger charge is 2.21. The van der Waals surface area contributed by atoms with Crippen LogP contribution in [-0.4, -0.2) is 23.1 Å². The van der Waals surface area contributed by atoms with E-state index in [2.05, 4.69) is 41.5 Å². The lowest BCUT2D eigenvalue weighted by Crippen LogP contribution is -2.34. The van der Waals surface area contributed by atoms with Crippen molar-refractivity contribution in [2.45, 2.75) is 38.1 Å². The molecule has 0 aliphatic heterocycles. The summed E-state index contributed by atoms with van der Waals surface area (Å²) in [5.41, 5.74) is 2.02. The van der Waals surface area contributed by atoms with Gasteiger partial charge in [0.15, 0.2) is 0 Å². The fourth-order valence-electron chi connectivity index (χ4n) is 3.61. The number of aromatic nitrogens is 2. The fourth-order valence-corrected chi connectivity index (χ4v) is 3.61. The normalized spacial score (nSPS) is 15.2. The summed E-state index contributed by atoms with van der Waals surface area (Å²) in [6.45, 7) is 0. The van der Waals surface area contributed by atoms with Crippen LogP contribution in [0, 0.1) is 0 Å². The number of hydrogen-bond donors (Lipinski definition) is 1. The number of rotatable bonds is 4. The third-order valence-corrected chi connectivity index (χ3v) is 5.07.